The molecule has 0 radical (unpaired) electrons. The van der Waals surface area contributed by atoms with Crippen molar-refractivity contribution in [3.8, 4) is 0 Å². The van der Waals surface area contributed by atoms with Gasteiger partial charge in [0.2, 0.25) is 0 Å². The Morgan fingerprint density at radius 3 is 2.56 bits per heavy atom. The molecule has 5 heteroatoms. The first-order valence-electron chi connectivity index (χ1n) is 5.78. The molecule has 1 heterocycles. The van der Waals surface area contributed by atoms with Gasteiger partial charge in [-0.15, -0.1) is 0 Å². The molecule has 0 atom stereocenters. The van der Waals surface area contributed by atoms with Crippen molar-refractivity contribution in [1.82, 2.24) is 9.97 Å². The molecule has 92 valence electrons. The molecular weight excluding hydrogens is 405 g/mol. The molecule has 2 aromatic rings. The van der Waals surface area contributed by atoms with Gasteiger partial charge in [0.15, 0.2) is 0 Å². The number of aromatic nitrogens is 2. The molecule has 18 heavy (non-hydrogen) atoms. The second-order valence-electron chi connectivity index (χ2n) is 4.34. The van der Waals surface area contributed by atoms with Crippen LogP contribution >= 0.6 is 38.5 Å². The molecule has 1 aliphatic rings. The van der Waals surface area contributed by atoms with Crippen molar-refractivity contribution in [2.24, 2.45) is 0 Å². The van der Waals surface area contributed by atoms with E-state index < -0.39 is 0 Å². The Labute approximate surface area is 128 Å². The lowest BCUT2D eigenvalue weighted by atomic mass is 10.3. The molecule has 1 aromatic carbocycles. The minimum absolute atomic E-state index is 0.555. The van der Waals surface area contributed by atoms with E-state index in [1.165, 1.54) is 16.4 Å². The van der Waals surface area contributed by atoms with Crippen molar-refractivity contribution in [3.05, 3.63) is 44.3 Å². The maximum Gasteiger partial charge on any atom is 0.135 e. The summed E-state index contributed by atoms with van der Waals surface area (Å²) >= 11 is 5.74. The fourth-order valence-corrected chi connectivity index (χ4v) is 2.46. The minimum Gasteiger partial charge on any atom is -0.340 e. The van der Waals surface area contributed by atoms with Crippen LogP contribution in [0, 0.1) is 3.57 Å². The van der Waals surface area contributed by atoms with Gasteiger partial charge in [-0.05, 0) is 75.6 Å². The van der Waals surface area contributed by atoms with E-state index in [1.54, 1.807) is 0 Å². The Kier molecular flexibility index (Phi) is 3.52. The predicted octanol–water partition coefficient (Wildman–Crippen LogP) is 4.46. The lowest BCUT2D eigenvalue weighted by Crippen LogP contribution is -1.99. The lowest BCUT2D eigenvalue weighted by molar-refractivity contribution is 0.919. The molecule has 0 saturated heterocycles. The molecule has 3 rings (SSSR count). The second-order valence-corrected chi connectivity index (χ2v) is 6.40. The fourth-order valence-electron chi connectivity index (χ4n) is 1.70. The van der Waals surface area contributed by atoms with Gasteiger partial charge in [0, 0.05) is 21.2 Å². The normalized spacial score (nSPS) is 14.6. The molecule has 1 N–H and O–H groups in total. The number of hydrogen-bond donors (Lipinski definition) is 1. The monoisotopic (exact) mass is 415 g/mol. The molecule has 0 bridgehead atoms. The van der Waals surface area contributed by atoms with Gasteiger partial charge in [-0.2, -0.15) is 0 Å². The molecule has 3 nitrogen and oxygen atoms in total. The zero-order chi connectivity index (χ0) is 12.5. The Hall–Kier alpha value is -0.690. The van der Waals surface area contributed by atoms with Crippen molar-refractivity contribution in [1.29, 1.82) is 0 Å². The molecule has 0 aliphatic heterocycles. The van der Waals surface area contributed by atoms with Crippen LogP contribution in [0.1, 0.15) is 24.6 Å². The first-order chi connectivity index (χ1) is 8.70. The van der Waals surface area contributed by atoms with Gasteiger partial charge in [-0.1, -0.05) is 0 Å². The average Bonchev–Trinajstić information content (AvgIpc) is 3.15. The SMILES string of the molecule is Brc1cc(Nc2ccc(I)cc2)nc(C2CC2)n1. The first-order valence-corrected chi connectivity index (χ1v) is 7.65. The van der Waals surface area contributed by atoms with Crippen LogP contribution in [0.5, 0.6) is 0 Å². The van der Waals surface area contributed by atoms with Gasteiger partial charge in [0.1, 0.15) is 16.2 Å². The predicted molar refractivity (Wildman–Crippen MR) is 84.1 cm³/mol. The minimum atomic E-state index is 0.555. The number of nitrogens with zero attached hydrogens (tertiary/aromatic N) is 2. The summed E-state index contributed by atoms with van der Waals surface area (Å²) in [6.45, 7) is 0. The van der Waals surface area contributed by atoms with Gasteiger partial charge in [0.25, 0.3) is 0 Å². The molecule has 1 fully saturated rings. The number of benzene rings is 1. The summed E-state index contributed by atoms with van der Waals surface area (Å²) in [5.74, 6) is 2.34. The summed E-state index contributed by atoms with van der Waals surface area (Å²) in [5, 5.41) is 3.31. The number of hydrogen-bond acceptors (Lipinski definition) is 3. The molecule has 1 aromatic heterocycles. The van der Waals surface area contributed by atoms with E-state index in [0.717, 1.165) is 21.9 Å². The van der Waals surface area contributed by atoms with Crippen LogP contribution in [0.2, 0.25) is 0 Å². The Balaban J connectivity index is 1.85. The quantitative estimate of drug-likeness (QED) is 0.593. The molecule has 0 unspecified atom stereocenters. The Morgan fingerprint density at radius 1 is 1.17 bits per heavy atom. The summed E-state index contributed by atoms with van der Waals surface area (Å²) in [6.07, 6.45) is 2.42. The fraction of sp³-hybridized carbons (Fsp3) is 0.231. The summed E-state index contributed by atoms with van der Waals surface area (Å²) in [6, 6.07) is 10.1. The maximum absolute atomic E-state index is 4.56. The van der Waals surface area contributed by atoms with Crippen molar-refractivity contribution in [2.45, 2.75) is 18.8 Å². The van der Waals surface area contributed by atoms with Gasteiger partial charge in [-0.3, -0.25) is 0 Å². The van der Waals surface area contributed by atoms with E-state index in [0.29, 0.717) is 5.92 Å². The zero-order valence-corrected chi connectivity index (χ0v) is 13.3. The number of nitrogens with one attached hydrogen (secondary N) is 1. The smallest absolute Gasteiger partial charge is 0.135 e. The van der Waals surface area contributed by atoms with Crippen LogP contribution in [0.25, 0.3) is 0 Å². The van der Waals surface area contributed by atoms with Crippen molar-refractivity contribution in [2.75, 3.05) is 5.32 Å². The van der Waals surface area contributed by atoms with Crippen LogP contribution in [0.15, 0.2) is 34.9 Å². The van der Waals surface area contributed by atoms with Crippen molar-refractivity contribution < 1.29 is 0 Å². The number of halogens is 2. The Bertz CT molecular complexity index is 567. The largest absolute Gasteiger partial charge is 0.340 e. The highest BCUT2D eigenvalue weighted by atomic mass is 127. The van der Waals surface area contributed by atoms with E-state index in [1.807, 2.05) is 6.07 Å². The van der Waals surface area contributed by atoms with E-state index in [2.05, 4.69) is 78.1 Å². The first kappa shape index (κ1) is 12.3. The van der Waals surface area contributed by atoms with E-state index in [9.17, 15) is 0 Å². The third-order valence-electron chi connectivity index (χ3n) is 2.77. The van der Waals surface area contributed by atoms with Crippen molar-refractivity contribution >= 4 is 50.0 Å². The summed E-state index contributed by atoms with van der Waals surface area (Å²) in [4.78, 5) is 8.98. The highest BCUT2D eigenvalue weighted by molar-refractivity contribution is 14.1. The summed E-state index contributed by atoms with van der Waals surface area (Å²) < 4.78 is 2.06. The van der Waals surface area contributed by atoms with Crippen LogP contribution < -0.4 is 5.32 Å². The Morgan fingerprint density at radius 2 is 1.89 bits per heavy atom. The number of anilines is 2. The van der Waals surface area contributed by atoms with Crippen molar-refractivity contribution in [3.63, 3.8) is 0 Å². The third kappa shape index (κ3) is 3.00. The van der Waals surface area contributed by atoms with Gasteiger partial charge in [0.05, 0.1) is 0 Å². The molecule has 0 spiro atoms. The zero-order valence-electron chi connectivity index (χ0n) is 9.53. The third-order valence-corrected chi connectivity index (χ3v) is 3.90. The standard InChI is InChI=1S/C13H11BrIN3/c14-11-7-12(18-13(17-11)8-1-2-8)16-10-5-3-9(15)4-6-10/h3-8H,1-2H2,(H,16,17,18). The van der Waals surface area contributed by atoms with E-state index in [-0.39, 0.29) is 0 Å². The van der Waals surface area contributed by atoms with Crippen LogP contribution in [-0.4, -0.2) is 9.97 Å². The molecule has 0 amide bonds. The van der Waals surface area contributed by atoms with E-state index in [4.69, 9.17) is 0 Å². The van der Waals surface area contributed by atoms with Crippen LogP contribution in [0.4, 0.5) is 11.5 Å². The molecule has 1 aliphatic carbocycles. The molecular formula is C13H11BrIN3. The second kappa shape index (κ2) is 5.13. The highest BCUT2D eigenvalue weighted by Crippen LogP contribution is 2.39. The van der Waals surface area contributed by atoms with Gasteiger partial charge < -0.3 is 5.32 Å². The average molecular weight is 416 g/mol. The lowest BCUT2D eigenvalue weighted by Gasteiger charge is -2.07. The summed E-state index contributed by atoms with van der Waals surface area (Å²) in [7, 11) is 0. The number of rotatable bonds is 3. The van der Waals surface area contributed by atoms with Gasteiger partial charge in [-0.25, -0.2) is 9.97 Å². The highest BCUT2D eigenvalue weighted by Gasteiger charge is 2.27. The molecule has 1 saturated carbocycles. The van der Waals surface area contributed by atoms with Gasteiger partial charge >= 0.3 is 0 Å². The summed E-state index contributed by atoms with van der Waals surface area (Å²) in [5.41, 5.74) is 1.04. The maximum atomic E-state index is 4.56. The van der Waals surface area contributed by atoms with Crippen LogP contribution in [-0.2, 0) is 0 Å². The van der Waals surface area contributed by atoms with E-state index >= 15 is 0 Å². The van der Waals surface area contributed by atoms with Crippen LogP contribution in [0.3, 0.4) is 0 Å². The topological polar surface area (TPSA) is 37.8 Å².